The van der Waals surface area contributed by atoms with E-state index in [4.69, 9.17) is 11.6 Å². The van der Waals surface area contributed by atoms with Crippen molar-refractivity contribution in [1.29, 1.82) is 0 Å². The third-order valence-electron chi connectivity index (χ3n) is 3.82. The lowest BCUT2D eigenvalue weighted by atomic mass is 9.95. The third-order valence-corrected chi connectivity index (χ3v) is 4.14. The van der Waals surface area contributed by atoms with Crippen molar-refractivity contribution >= 4 is 22.5 Å². The topological polar surface area (TPSA) is 67.2 Å². The molecule has 3 rings (SSSR count). The molecule has 0 amide bonds. The molecule has 0 saturated carbocycles. The van der Waals surface area contributed by atoms with Crippen molar-refractivity contribution in [3.63, 3.8) is 0 Å². The maximum atomic E-state index is 12.5. The smallest absolute Gasteiger partial charge is 0.262 e. The van der Waals surface area contributed by atoms with Crippen LogP contribution in [0.2, 0.25) is 5.02 Å². The first-order valence-corrected chi connectivity index (χ1v) is 7.07. The molecule has 2 aromatic rings. The standard InChI is InChI=1S/C14H16ClN3O2/c15-10-2-1-3-11-13(10)14(20)18(8-17-11)7-9-4-5-16-6-12(9)19/h1-3,8-9,12,16,19H,4-7H2. The zero-order valence-corrected chi connectivity index (χ0v) is 11.7. The molecule has 106 valence electrons. The van der Waals surface area contributed by atoms with Crippen LogP contribution in [0, 0.1) is 5.92 Å². The van der Waals surface area contributed by atoms with E-state index in [0.717, 1.165) is 13.0 Å². The number of rotatable bonds is 2. The van der Waals surface area contributed by atoms with Gasteiger partial charge in [-0.15, -0.1) is 0 Å². The lowest BCUT2D eigenvalue weighted by Gasteiger charge is -2.28. The molecule has 1 aromatic heterocycles. The molecule has 5 nitrogen and oxygen atoms in total. The van der Waals surface area contributed by atoms with Crippen LogP contribution in [-0.4, -0.2) is 33.9 Å². The summed E-state index contributed by atoms with van der Waals surface area (Å²) in [5.41, 5.74) is 0.455. The van der Waals surface area contributed by atoms with Crippen molar-refractivity contribution in [2.45, 2.75) is 19.1 Å². The lowest BCUT2D eigenvalue weighted by Crippen LogP contribution is -2.43. The highest BCUT2D eigenvalue weighted by molar-refractivity contribution is 6.35. The molecule has 1 saturated heterocycles. The van der Waals surface area contributed by atoms with E-state index in [-0.39, 0.29) is 11.5 Å². The van der Waals surface area contributed by atoms with E-state index in [1.165, 1.54) is 6.33 Å². The van der Waals surface area contributed by atoms with Gasteiger partial charge in [0.15, 0.2) is 0 Å². The summed E-state index contributed by atoms with van der Waals surface area (Å²) in [5, 5.41) is 14.0. The molecule has 6 heteroatoms. The van der Waals surface area contributed by atoms with Gasteiger partial charge < -0.3 is 10.4 Å². The van der Waals surface area contributed by atoms with Crippen LogP contribution in [-0.2, 0) is 6.54 Å². The highest BCUT2D eigenvalue weighted by Crippen LogP contribution is 2.19. The van der Waals surface area contributed by atoms with Crippen LogP contribution in [0.5, 0.6) is 0 Å². The molecule has 2 heterocycles. The van der Waals surface area contributed by atoms with Crippen molar-refractivity contribution in [3.8, 4) is 0 Å². The Bertz CT molecular complexity index is 686. The molecule has 2 unspecified atom stereocenters. The van der Waals surface area contributed by atoms with E-state index in [1.807, 2.05) is 0 Å². The van der Waals surface area contributed by atoms with Gasteiger partial charge in [-0.3, -0.25) is 9.36 Å². The summed E-state index contributed by atoms with van der Waals surface area (Å²) in [6.07, 6.45) is 1.95. The average molecular weight is 294 g/mol. The Morgan fingerprint density at radius 3 is 3.15 bits per heavy atom. The van der Waals surface area contributed by atoms with E-state index >= 15 is 0 Å². The second-order valence-corrected chi connectivity index (χ2v) is 5.56. The van der Waals surface area contributed by atoms with E-state index < -0.39 is 6.10 Å². The van der Waals surface area contributed by atoms with Crippen molar-refractivity contribution in [1.82, 2.24) is 14.9 Å². The summed E-state index contributed by atoms with van der Waals surface area (Å²) >= 11 is 6.09. The van der Waals surface area contributed by atoms with Gasteiger partial charge in [0, 0.05) is 19.0 Å². The van der Waals surface area contributed by atoms with Crippen molar-refractivity contribution < 1.29 is 5.11 Å². The number of fused-ring (bicyclic) bond motifs is 1. The molecule has 0 aliphatic carbocycles. The van der Waals surface area contributed by atoms with Crippen molar-refractivity contribution in [2.75, 3.05) is 13.1 Å². The SMILES string of the molecule is O=c1c2c(Cl)cccc2ncn1CC1CCNCC1O. The second kappa shape index (κ2) is 5.52. The Balaban J connectivity index is 1.98. The number of β-amino-alcohol motifs (C(OH)–C–C–N with tert-alkyl or cyclic N) is 1. The van der Waals surface area contributed by atoms with Crippen LogP contribution in [0.25, 0.3) is 10.9 Å². The number of halogens is 1. The van der Waals surface area contributed by atoms with Crippen LogP contribution < -0.4 is 10.9 Å². The van der Waals surface area contributed by atoms with Gasteiger partial charge >= 0.3 is 0 Å². The molecule has 1 fully saturated rings. The van der Waals surface area contributed by atoms with Gasteiger partial charge in [-0.2, -0.15) is 0 Å². The van der Waals surface area contributed by atoms with Gasteiger partial charge in [0.1, 0.15) is 0 Å². The minimum Gasteiger partial charge on any atom is -0.391 e. The summed E-state index contributed by atoms with van der Waals surface area (Å²) in [7, 11) is 0. The van der Waals surface area contributed by atoms with E-state index in [0.29, 0.717) is 29.0 Å². The molecule has 0 spiro atoms. The Hall–Kier alpha value is -1.43. The Morgan fingerprint density at radius 1 is 1.50 bits per heavy atom. The highest BCUT2D eigenvalue weighted by Gasteiger charge is 2.23. The van der Waals surface area contributed by atoms with Crippen LogP contribution in [0.1, 0.15) is 6.42 Å². The predicted octanol–water partition coefficient (Wildman–Crippen LogP) is 1.02. The fraction of sp³-hybridized carbons (Fsp3) is 0.429. The Morgan fingerprint density at radius 2 is 2.35 bits per heavy atom. The molecule has 0 bridgehead atoms. The van der Waals surface area contributed by atoms with Gasteiger partial charge in [0.05, 0.1) is 28.4 Å². The minimum atomic E-state index is -0.433. The number of aliphatic hydroxyl groups is 1. The first-order valence-electron chi connectivity index (χ1n) is 6.69. The second-order valence-electron chi connectivity index (χ2n) is 5.16. The van der Waals surface area contributed by atoms with E-state index in [9.17, 15) is 9.90 Å². The van der Waals surface area contributed by atoms with Gasteiger partial charge in [-0.25, -0.2) is 4.98 Å². The summed E-state index contributed by atoms with van der Waals surface area (Å²) < 4.78 is 1.55. The lowest BCUT2D eigenvalue weighted by molar-refractivity contribution is 0.0717. The Labute approximate surface area is 121 Å². The summed E-state index contributed by atoms with van der Waals surface area (Å²) in [4.78, 5) is 16.7. The van der Waals surface area contributed by atoms with Gasteiger partial charge in [0.2, 0.25) is 0 Å². The Kier molecular flexibility index (Phi) is 3.74. The summed E-state index contributed by atoms with van der Waals surface area (Å²) in [6.45, 7) is 1.90. The van der Waals surface area contributed by atoms with Crippen molar-refractivity contribution in [2.24, 2.45) is 5.92 Å². The number of hydrogen-bond acceptors (Lipinski definition) is 4. The quantitative estimate of drug-likeness (QED) is 0.867. The van der Waals surface area contributed by atoms with Gasteiger partial charge in [-0.05, 0) is 25.1 Å². The predicted molar refractivity (Wildman–Crippen MR) is 78.0 cm³/mol. The molecule has 1 aliphatic heterocycles. The number of aromatic nitrogens is 2. The maximum Gasteiger partial charge on any atom is 0.262 e. The molecule has 0 radical (unpaired) electrons. The normalized spacial score (nSPS) is 23.1. The summed E-state index contributed by atoms with van der Waals surface area (Å²) in [6, 6.07) is 5.24. The molecule has 1 aliphatic rings. The van der Waals surface area contributed by atoms with E-state index in [1.54, 1.807) is 22.8 Å². The molecular weight excluding hydrogens is 278 g/mol. The number of aliphatic hydroxyl groups excluding tert-OH is 1. The minimum absolute atomic E-state index is 0.0655. The van der Waals surface area contributed by atoms with Crippen LogP contribution in [0.3, 0.4) is 0 Å². The third kappa shape index (κ3) is 2.44. The van der Waals surface area contributed by atoms with Gasteiger partial charge in [0.25, 0.3) is 5.56 Å². The zero-order chi connectivity index (χ0) is 14.1. The van der Waals surface area contributed by atoms with Crippen LogP contribution in [0.4, 0.5) is 0 Å². The highest BCUT2D eigenvalue weighted by atomic mass is 35.5. The zero-order valence-electron chi connectivity index (χ0n) is 10.9. The monoisotopic (exact) mass is 293 g/mol. The van der Waals surface area contributed by atoms with Gasteiger partial charge in [-0.1, -0.05) is 17.7 Å². The number of piperidine rings is 1. The fourth-order valence-electron chi connectivity index (χ4n) is 2.65. The average Bonchev–Trinajstić information content (AvgIpc) is 2.44. The number of nitrogens with zero attached hydrogens (tertiary/aromatic N) is 2. The largest absolute Gasteiger partial charge is 0.391 e. The molecule has 20 heavy (non-hydrogen) atoms. The molecular formula is C14H16ClN3O2. The fourth-order valence-corrected chi connectivity index (χ4v) is 2.90. The maximum absolute atomic E-state index is 12.5. The van der Waals surface area contributed by atoms with Crippen LogP contribution in [0.15, 0.2) is 29.3 Å². The number of benzene rings is 1. The number of nitrogens with one attached hydrogen (secondary N) is 1. The first kappa shape index (κ1) is 13.5. The first-order chi connectivity index (χ1) is 9.66. The van der Waals surface area contributed by atoms with E-state index in [2.05, 4.69) is 10.3 Å². The molecule has 1 aromatic carbocycles. The molecule has 2 N–H and O–H groups in total. The number of hydrogen-bond donors (Lipinski definition) is 2. The summed E-state index contributed by atoms with van der Waals surface area (Å²) in [5.74, 6) is 0.0655. The van der Waals surface area contributed by atoms with Crippen molar-refractivity contribution in [3.05, 3.63) is 39.9 Å². The van der Waals surface area contributed by atoms with Crippen LogP contribution >= 0.6 is 11.6 Å². The molecule has 2 atom stereocenters.